The number of ether oxygens (including phenoxy) is 4. The quantitative estimate of drug-likeness (QED) is 0.0663. The first kappa shape index (κ1) is 45.5. The maximum atomic E-state index is 6.59. The van der Waals surface area contributed by atoms with Crippen LogP contribution in [0.1, 0.15) is 78.8 Å². The molecule has 57 heavy (non-hydrogen) atoms. The van der Waals surface area contributed by atoms with E-state index in [4.69, 9.17) is 18.9 Å². The number of rotatable bonds is 23. The minimum absolute atomic E-state index is 0. The highest BCUT2D eigenvalue weighted by molar-refractivity contribution is 5.85. The van der Waals surface area contributed by atoms with Gasteiger partial charge in [0.25, 0.3) is 0 Å². The van der Waals surface area contributed by atoms with E-state index in [1.54, 1.807) is 7.11 Å². The Morgan fingerprint density at radius 2 is 1.19 bits per heavy atom. The van der Waals surface area contributed by atoms with E-state index in [0.717, 1.165) is 79.4 Å². The van der Waals surface area contributed by atoms with Crippen LogP contribution in [0, 0.1) is 0 Å². The Hall–Kier alpha value is -4.20. The Bertz CT molecular complexity index is 1850. The average Bonchev–Trinajstić information content (AvgIpc) is 3.24. The van der Waals surface area contributed by atoms with Crippen molar-refractivity contribution in [3.8, 4) is 23.0 Å². The second-order valence-electron chi connectivity index (χ2n) is 14.7. The smallest absolute Gasteiger partial charge is 0.165 e. The Labute approximate surface area is 354 Å². The lowest BCUT2D eigenvalue weighted by Crippen LogP contribution is -2.40. The number of halogens is 2. The molecule has 0 saturated heterocycles. The van der Waals surface area contributed by atoms with Gasteiger partial charge in [-0.25, -0.2) is 0 Å². The number of nitrogens with zero attached hydrogens (tertiary/aromatic N) is 1. The molecular weight excluding hydrogens is 751 g/mol. The second-order valence-corrected chi connectivity index (χ2v) is 14.7. The van der Waals surface area contributed by atoms with Gasteiger partial charge in [-0.1, -0.05) is 123 Å². The molecule has 0 aliphatic heterocycles. The van der Waals surface area contributed by atoms with E-state index in [9.17, 15) is 0 Å². The normalized spacial score (nSPS) is 13.2. The van der Waals surface area contributed by atoms with Crippen LogP contribution in [0.15, 0.2) is 121 Å². The summed E-state index contributed by atoms with van der Waals surface area (Å²) in [4.78, 5) is 2.76. The monoisotopic (exact) mass is 812 g/mol. The minimum Gasteiger partial charge on any atom is -0.493 e. The minimum atomic E-state index is 0. The maximum Gasteiger partial charge on any atom is 0.165 e. The van der Waals surface area contributed by atoms with Crippen molar-refractivity contribution in [2.24, 2.45) is 0 Å². The van der Waals surface area contributed by atoms with E-state index < -0.39 is 0 Å². The molecule has 6 nitrogen and oxygen atoms in total. The molecule has 0 heterocycles. The first-order chi connectivity index (χ1) is 27.2. The lowest BCUT2D eigenvalue weighted by molar-refractivity contribution is 0.174. The highest BCUT2D eigenvalue weighted by Gasteiger charge is 2.27. The van der Waals surface area contributed by atoms with Gasteiger partial charge in [-0.05, 0) is 117 Å². The van der Waals surface area contributed by atoms with Gasteiger partial charge in [0.15, 0.2) is 23.0 Å². The van der Waals surface area contributed by atoms with Gasteiger partial charge in [0.05, 0.1) is 7.11 Å². The van der Waals surface area contributed by atoms with Gasteiger partial charge >= 0.3 is 0 Å². The first-order valence-corrected chi connectivity index (χ1v) is 20.5. The molecule has 0 spiro atoms. The number of nitrogens with one attached hydrogen (secondary N) is 1. The van der Waals surface area contributed by atoms with E-state index in [-0.39, 0.29) is 24.8 Å². The molecule has 0 bridgehead atoms. The average molecular weight is 814 g/mol. The molecule has 1 atom stereocenters. The summed E-state index contributed by atoms with van der Waals surface area (Å²) >= 11 is 0. The van der Waals surface area contributed by atoms with Gasteiger partial charge in [-0.15, -0.1) is 24.8 Å². The van der Waals surface area contributed by atoms with Gasteiger partial charge in [-0.3, -0.25) is 0 Å². The lowest BCUT2D eigenvalue weighted by atomic mass is 9.86. The number of unbranched alkanes of at least 4 members (excludes halogenated alkanes) is 3. The molecule has 0 radical (unpaired) electrons. The fraction of sp³-hybridized carbons (Fsp3) is 0.388. The third-order valence-corrected chi connectivity index (χ3v) is 10.6. The summed E-state index contributed by atoms with van der Waals surface area (Å²) in [6.45, 7) is 8.24. The van der Waals surface area contributed by atoms with Crippen molar-refractivity contribution in [2.45, 2.75) is 90.6 Å². The first-order valence-electron chi connectivity index (χ1n) is 20.5. The Morgan fingerprint density at radius 1 is 0.596 bits per heavy atom. The summed E-state index contributed by atoms with van der Waals surface area (Å²) in [6, 6.07) is 42.3. The standard InChI is InChI=1S/C49H60N2O4.2ClH/c1-3-32-51(33-16-5-4-15-30-50-31-29-39-23-27-46(52-2)48(34-39)54-37-41-19-11-7-12-20-41)44-25-26-45-43(35-44)24-28-47(53-36-40-17-9-6-10-18-40)49(45)55-38-42-21-13-8-14-22-42;;/h6-14,17-24,27-28,34,44,50H,3-5,15-16,25-26,29-33,35-38H2,1-2H3;2*1H. The molecular formula is C49H62Cl2N2O4. The van der Waals surface area contributed by atoms with Crippen LogP contribution in [-0.4, -0.2) is 44.2 Å². The number of fused-ring (bicyclic) bond motifs is 1. The van der Waals surface area contributed by atoms with Gasteiger partial charge in [-0.2, -0.15) is 0 Å². The molecule has 0 saturated carbocycles. The van der Waals surface area contributed by atoms with Crippen LogP contribution >= 0.6 is 24.8 Å². The molecule has 6 rings (SSSR count). The van der Waals surface area contributed by atoms with Crippen molar-refractivity contribution in [1.82, 2.24) is 10.2 Å². The number of methoxy groups -OCH3 is 1. The molecule has 0 aromatic heterocycles. The van der Waals surface area contributed by atoms with Crippen LogP contribution in [0.2, 0.25) is 0 Å². The van der Waals surface area contributed by atoms with E-state index in [1.165, 1.54) is 60.9 Å². The SMILES string of the molecule is CCCN(CCCCCCNCCc1ccc(OC)c(OCc2ccccc2)c1)C1CCc2c(ccc(OCc3ccccc3)c2OCc2ccccc2)C1.Cl.Cl. The van der Waals surface area contributed by atoms with Gasteiger partial charge in [0.1, 0.15) is 19.8 Å². The van der Waals surface area contributed by atoms with Crippen molar-refractivity contribution in [3.05, 3.63) is 155 Å². The van der Waals surface area contributed by atoms with Crippen LogP contribution in [0.25, 0.3) is 0 Å². The summed E-state index contributed by atoms with van der Waals surface area (Å²) in [7, 11) is 1.70. The van der Waals surface area contributed by atoms with E-state index in [1.807, 2.05) is 36.4 Å². The molecule has 0 amide bonds. The molecule has 1 unspecified atom stereocenters. The van der Waals surface area contributed by atoms with Crippen LogP contribution in [-0.2, 0) is 39.1 Å². The zero-order valence-corrected chi connectivity index (χ0v) is 35.5. The lowest BCUT2D eigenvalue weighted by Gasteiger charge is -2.36. The molecule has 5 aromatic carbocycles. The third kappa shape index (κ3) is 14.3. The van der Waals surface area contributed by atoms with Crippen molar-refractivity contribution in [2.75, 3.05) is 33.3 Å². The van der Waals surface area contributed by atoms with Crippen molar-refractivity contribution < 1.29 is 18.9 Å². The molecule has 0 fully saturated rings. The number of hydrogen-bond donors (Lipinski definition) is 1. The van der Waals surface area contributed by atoms with E-state index in [2.05, 4.69) is 102 Å². The van der Waals surface area contributed by atoms with Gasteiger partial charge in [0.2, 0.25) is 0 Å². The van der Waals surface area contributed by atoms with Crippen LogP contribution in [0.4, 0.5) is 0 Å². The molecule has 306 valence electrons. The Kier molecular flexibility index (Phi) is 20.1. The van der Waals surface area contributed by atoms with Crippen LogP contribution in [0.5, 0.6) is 23.0 Å². The third-order valence-electron chi connectivity index (χ3n) is 10.6. The predicted octanol–water partition coefficient (Wildman–Crippen LogP) is 11.2. The highest BCUT2D eigenvalue weighted by atomic mass is 35.5. The molecule has 8 heteroatoms. The summed E-state index contributed by atoms with van der Waals surface area (Å²) in [5.41, 5.74) is 7.46. The second kappa shape index (κ2) is 25.2. The van der Waals surface area contributed by atoms with Crippen molar-refractivity contribution >= 4 is 24.8 Å². The fourth-order valence-corrected chi connectivity index (χ4v) is 7.59. The summed E-state index contributed by atoms with van der Waals surface area (Å²) < 4.78 is 24.7. The van der Waals surface area contributed by atoms with Gasteiger partial charge < -0.3 is 29.2 Å². The Balaban J connectivity index is 0.00000360. The fourth-order valence-electron chi connectivity index (χ4n) is 7.59. The zero-order valence-electron chi connectivity index (χ0n) is 33.8. The predicted molar refractivity (Wildman–Crippen MR) is 239 cm³/mol. The number of hydrogen-bond acceptors (Lipinski definition) is 6. The summed E-state index contributed by atoms with van der Waals surface area (Å²) in [6.07, 6.45) is 10.4. The highest BCUT2D eigenvalue weighted by Crippen LogP contribution is 2.40. The molecule has 1 aliphatic carbocycles. The van der Waals surface area contributed by atoms with E-state index >= 15 is 0 Å². The number of benzene rings is 5. The van der Waals surface area contributed by atoms with Crippen molar-refractivity contribution in [1.29, 1.82) is 0 Å². The zero-order chi connectivity index (χ0) is 37.9. The molecule has 5 aromatic rings. The molecule has 1 N–H and O–H groups in total. The largest absolute Gasteiger partial charge is 0.493 e. The van der Waals surface area contributed by atoms with Crippen molar-refractivity contribution in [3.63, 3.8) is 0 Å². The van der Waals surface area contributed by atoms with Crippen LogP contribution in [0.3, 0.4) is 0 Å². The maximum absolute atomic E-state index is 6.59. The van der Waals surface area contributed by atoms with E-state index in [0.29, 0.717) is 25.9 Å². The Morgan fingerprint density at radius 3 is 1.82 bits per heavy atom. The summed E-state index contributed by atoms with van der Waals surface area (Å²) in [5.74, 6) is 3.34. The van der Waals surface area contributed by atoms with Gasteiger partial charge in [0, 0.05) is 11.6 Å². The summed E-state index contributed by atoms with van der Waals surface area (Å²) in [5, 5.41) is 3.66. The molecule has 1 aliphatic rings. The van der Waals surface area contributed by atoms with Crippen LogP contribution < -0.4 is 24.3 Å². The topological polar surface area (TPSA) is 52.2 Å².